The van der Waals surface area contributed by atoms with Gasteiger partial charge in [-0.25, -0.2) is 0 Å². The summed E-state index contributed by atoms with van der Waals surface area (Å²) in [5.74, 6) is -0.280. The summed E-state index contributed by atoms with van der Waals surface area (Å²) >= 11 is 0. The summed E-state index contributed by atoms with van der Waals surface area (Å²) in [6, 6.07) is 6.86. The minimum absolute atomic E-state index is 0.0986. The molecule has 0 aliphatic heterocycles. The number of rotatable bonds is 8. The van der Waals surface area contributed by atoms with Crippen LogP contribution in [0.25, 0.3) is 0 Å². The first-order valence-corrected chi connectivity index (χ1v) is 7.65. The van der Waals surface area contributed by atoms with Gasteiger partial charge in [-0.2, -0.15) is 0 Å². The van der Waals surface area contributed by atoms with E-state index < -0.39 is 0 Å². The van der Waals surface area contributed by atoms with Gasteiger partial charge in [0.1, 0.15) is 0 Å². The molecule has 0 saturated heterocycles. The number of nitrogens with one attached hydrogen (secondary N) is 2. The molecule has 1 aromatic rings. The van der Waals surface area contributed by atoms with Gasteiger partial charge in [0.05, 0.1) is 0 Å². The average molecular weight is 303 g/mol. The summed E-state index contributed by atoms with van der Waals surface area (Å²) in [5, 5.41) is 5.62. The van der Waals surface area contributed by atoms with Gasteiger partial charge in [-0.1, -0.05) is 19.9 Å². The second-order valence-corrected chi connectivity index (χ2v) is 4.85. The van der Waals surface area contributed by atoms with E-state index >= 15 is 0 Å². The van der Waals surface area contributed by atoms with Crippen LogP contribution in [0.15, 0.2) is 36.4 Å². The summed E-state index contributed by atoms with van der Waals surface area (Å²) in [6.45, 7) is 9.42. The molecule has 0 bridgehead atoms. The Morgan fingerprint density at radius 3 is 2.32 bits per heavy atom. The lowest BCUT2D eigenvalue weighted by molar-refractivity contribution is -0.111. The Morgan fingerprint density at radius 1 is 1.14 bits per heavy atom. The molecule has 0 unspecified atom stereocenters. The molecule has 2 N–H and O–H groups in total. The maximum Gasteiger partial charge on any atom is 0.251 e. The fraction of sp³-hybridized carbons (Fsp3) is 0.412. The topological polar surface area (TPSA) is 61.4 Å². The van der Waals surface area contributed by atoms with Crippen molar-refractivity contribution < 1.29 is 9.59 Å². The SMILES string of the molecule is C/C=C/C(=O)Nc1ccc(C(=O)NCCN(CC)CC)cc1. The lowest BCUT2D eigenvalue weighted by Gasteiger charge is -2.17. The van der Waals surface area contributed by atoms with Gasteiger partial charge in [0.15, 0.2) is 0 Å². The molecule has 120 valence electrons. The Bertz CT molecular complexity index is 505. The quantitative estimate of drug-likeness (QED) is 0.724. The smallest absolute Gasteiger partial charge is 0.251 e. The van der Waals surface area contributed by atoms with Crippen LogP contribution >= 0.6 is 0 Å². The van der Waals surface area contributed by atoms with E-state index in [9.17, 15) is 9.59 Å². The fourth-order valence-corrected chi connectivity index (χ4v) is 2.01. The van der Waals surface area contributed by atoms with Crippen LogP contribution in [0.2, 0.25) is 0 Å². The molecule has 0 aliphatic carbocycles. The Labute approximate surface area is 132 Å². The van der Waals surface area contributed by atoms with E-state index in [0.29, 0.717) is 17.8 Å². The van der Waals surface area contributed by atoms with Crippen molar-refractivity contribution in [1.29, 1.82) is 0 Å². The summed E-state index contributed by atoms with van der Waals surface area (Å²) in [5.41, 5.74) is 1.26. The zero-order chi connectivity index (χ0) is 16.4. The number of anilines is 1. The maximum absolute atomic E-state index is 12.0. The number of hydrogen-bond donors (Lipinski definition) is 2. The molecule has 0 radical (unpaired) electrons. The molecule has 0 aliphatic rings. The van der Waals surface area contributed by atoms with Crippen LogP contribution in [-0.4, -0.2) is 42.9 Å². The second kappa shape index (κ2) is 9.73. The van der Waals surface area contributed by atoms with Crippen molar-refractivity contribution >= 4 is 17.5 Å². The van der Waals surface area contributed by atoms with E-state index in [1.54, 1.807) is 37.3 Å². The van der Waals surface area contributed by atoms with E-state index in [-0.39, 0.29) is 11.8 Å². The van der Waals surface area contributed by atoms with Crippen LogP contribution in [0.3, 0.4) is 0 Å². The lowest BCUT2D eigenvalue weighted by Crippen LogP contribution is -2.34. The normalized spacial score (nSPS) is 10.9. The van der Waals surface area contributed by atoms with E-state index in [1.807, 2.05) is 0 Å². The van der Waals surface area contributed by atoms with Crippen LogP contribution in [0.1, 0.15) is 31.1 Å². The van der Waals surface area contributed by atoms with Gasteiger partial charge in [-0.3, -0.25) is 9.59 Å². The number of likely N-dealkylation sites (N-methyl/N-ethyl adjacent to an activating group) is 1. The van der Waals surface area contributed by atoms with Crippen molar-refractivity contribution in [3.8, 4) is 0 Å². The third-order valence-corrected chi connectivity index (χ3v) is 3.34. The predicted octanol–water partition coefficient (Wildman–Crippen LogP) is 2.27. The Balaban J connectivity index is 2.48. The first kappa shape index (κ1) is 17.9. The Kier molecular flexibility index (Phi) is 7.92. The number of hydrogen-bond acceptors (Lipinski definition) is 3. The number of carbonyl (C=O) groups is 2. The summed E-state index contributed by atoms with van der Waals surface area (Å²) < 4.78 is 0. The van der Waals surface area contributed by atoms with Crippen molar-refractivity contribution in [2.75, 3.05) is 31.5 Å². The van der Waals surface area contributed by atoms with Crippen molar-refractivity contribution in [3.63, 3.8) is 0 Å². The van der Waals surface area contributed by atoms with Gasteiger partial charge in [-0.05, 0) is 50.4 Å². The summed E-state index contributed by atoms with van der Waals surface area (Å²) in [7, 11) is 0. The van der Waals surface area contributed by atoms with Crippen molar-refractivity contribution in [2.24, 2.45) is 0 Å². The van der Waals surface area contributed by atoms with Gasteiger partial charge in [0.25, 0.3) is 5.91 Å². The Morgan fingerprint density at radius 2 is 1.77 bits per heavy atom. The van der Waals surface area contributed by atoms with Crippen molar-refractivity contribution in [2.45, 2.75) is 20.8 Å². The minimum atomic E-state index is -0.182. The number of benzene rings is 1. The lowest BCUT2D eigenvalue weighted by atomic mass is 10.2. The molecular formula is C17H25N3O2. The standard InChI is InChI=1S/C17H25N3O2/c1-4-7-16(21)19-15-10-8-14(9-11-15)17(22)18-12-13-20(5-2)6-3/h4,7-11H,5-6,12-13H2,1-3H3,(H,18,22)(H,19,21)/b7-4+. The third kappa shape index (κ3) is 6.10. The Hall–Kier alpha value is -2.14. The minimum Gasteiger partial charge on any atom is -0.351 e. The summed E-state index contributed by atoms with van der Waals surface area (Å²) in [4.78, 5) is 25.7. The molecule has 0 heterocycles. The van der Waals surface area contributed by atoms with Gasteiger partial charge >= 0.3 is 0 Å². The van der Waals surface area contributed by atoms with Crippen LogP contribution in [0, 0.1) is 0 Å². The maximum atomic E-state index is 12.0. The van der Waals surface area contributed by atoms with Crippen LogP contribution < -0.4 is 10.6 Å². The number of amides is 2. The molecule has 0 spiro atoms. The first-order valence-electron chi connectivity index (χ1n) is 7.65. The van der Waals surface area contributed by atoms with Crippen molar-refractivity contribution in [3.05, 3.63) is 42.0 Å². The van der Waals surface area contributed by atoms with Gasteiger partial charge in [0.2, 0.25) is 5.91 Å². The summed E-state index contributed by atoms with van der Waals surface area (Å²) in [6.07, 6.45) is 3.13. The van der Waals surface area contributed by atoms with Gasteiger partial charge in [-0.15, -0.1) is 0 Å². The molecule has 1 aromatic carbocycles. The molecule has 1 rings (SSSR count). The highest BCUT2D eigenvalue weighted by atomic mass is 16.2. The number of carbonyl (C=O) groups excluding carboxylic acids is 2. The fourth-order valence-electron chi connectivity index (χ4n) is 2.01. The number of allylic oxidation sites excluding steroid dienone is 1. The molecule has 5 heteroatoms. The van der Waals surface area contributed by atoms with Crippen molar-refractivity contribution in [1.82, 2.24) is 10.2 Å². The second-order valence-electron chi connectivity index (χ2n) is 4.85. The third-order valence-electron chi connectivity index (χ3n) is 3.34. The average Bonchev–Trinajstić information content (AvgIpc) is 2.52. The number of nitrogens with zero attached hydrogens (tertiary/aromatic N) is 1. The predicted molar refractivity (Wildman–Crippen MR) is 90.0 cm³/mol. The first-order chi connectivity index (χ1) is 10.6. The largest absolute Gasteiger partial charge is 0.351 e. The molecule has 0 atom stereocenters. The van der Waals surface area contributed by atoms with Gasteiger partial charge < -0.3 is 15.5 Å². The van der Waals surface area contributed by atoms with Crippen LogP contribution in [-0.2, 0) is 4.79 Å². The van der Waals surface area contributed by atoms with E-state index in [1.165, 1.54) is 6.08 Å². The highest BCUT2D eigenvalue weighted by Crippen LogP contribution is 2.09. The molecule has 0 fully saturated rings. The highest BCUT2D eigenvalue weighted by molar-refractivity contribution is 6.00. The van der Waals surface area contributed by atoms with Gasteiger partial charge in [0, 0.05) is 24.3 Å². The zero-order valence-corrected chi connectivity index (χ0v) is 13.6. The van der Waals surface area contributed by atoms with E-state index in [2.05, 4.69) is 29.4 Å². The van der Waals surface area contributed by atoms with Crippen LogP contribution in [0.4, 0.5) is 5.69 Å². The monoisotopic (exact) mass is 303 g/mol. The highest BCUT2D eigenvalue weighted by Gasteiger charge is 2.06. The molecule has 2 amide bonds. The molecule has 22 heavy (non-hydrogen) atoms. The molecule has 0 aromatic heterocycles. The molecular weight excluding hydrogens is 278 g/mol. The van der Waals surface area contributed by atoms with E-state index in [0.717, 1.165) is 19.6 Å². The van der Waals surface area contributed by atoms with Crippen LogP contribution in [0.5, 0.6) is 0 Å². The zero-order valence-electron chi connectivity index (χ0n) is 13.6. The molecule has 0 saturated carbocycles. The van der Waals surface area contributed by atoms with E-state index in [4.69, 9.17) is 0 Å². The molecule has 5 nitrogen and oxygen atoms in total.